The van der Waals surface area contributed by atoms with Crippen LogP contribution in [0.2, 0.25) is 0 Å². The van der Waals surface area contributed by atoms with Crippen molar-refractivity contribution in [3.8, 4) is 5.88 Å². The fourth-order valence-electron chi connectivity index (χ4n) is 1.42. The maximum atomic E-state index is 5.96. The van der Waals surface area contributed by atoms with Gasteiger partial charge >= 0.3 is 0 Å². The van der Waals surface area contributed by atoms with Crippen molar-refractivity contribution in [3.63, 3.8) is 0 Å². The molecule has 1 aromatic heterocycles. The van der Waals surface area contributed by atoms with Gasteiger partial charge in [-0.05, 0) is 19.8 Å². The lowest BCUT2D eigenvalue weighted by Crippen LogP contribution is -2.12. The molecule has 0 aliphatic heterocycles. The van der Waals surface area contributed by atoms with Gasteiger partial charge in [0.2, 0.25) is 5.88 Å². The van der Waals surface area contributed by atoms with E-state index < -0.39 is 0 Å². The third kappa shape index (κ3) is 3.20. The molecule has 1 aromatic rings. The first-order valence-corrected chi connectivity index (χ1v) is 5.73. The highest BCUT2D eigenvalue weighted by molar-refractivity contribution is 5.67. The molecule has 1 heterocycles. The molecule has 0 radical (unpaired) electrons. The second-order valence-electron chi connectivity index (χ2n) is 4.10. The molecule has 0 bridgehead atoms. The Hall–Kier alpha value is -1.56. The zero-order valence-electron chi connectivity index (χ0n) is 10.2. The highest BCUT2D eigenvalue weighted by Gasteiger charge is 2.23. The van der Waals surface area contributed by atoms with E-state index in [9.17, 15) is 0 Å². The molecule has 17 heavy (non-hydrogen) atoms. The van der Waals surface area contributed by atoms with Gasteiger partial charge in [-0.25, -0.2) is 4.98 Å². The summed E-state index contributed by atoms with van der Waals surface area (Å²) in [4.78, 5) is 8.46. The third-order valence-electron chi connectivity index (χ3n) is 2.47. The van der Waals surface area contributed by atoms with Crippen LogP contribution in [0.5, 0.6) is 5.88 Å². The summed E-state index contributed by atoms with van der Waals surface area (Å²) in [7, 11) is 1.62. The monoisotopic (exact) mass is 238 g/mol. The summed E-state index contributed by atoms with van der Waals surface area (Å²) in [5.41, 5.74) is 6.43. The van der Waals surface area contributed by atoms with Gasteiger partial charge in [-0.1, -0.05) is 0 Å². The van der Waals surface area contributed by atoms with E-state index >= 15 is 0 Å². The van der Waals surface area contributed by atoms with Gasteiger partial charge in [-0.15, -0.1) is 0 Å². The summed E-state index contributed by atoms with van der Waals surface area (Å²) < 4.78 is 10.4. The number of hydrogen-bond donors (Lipinski definition) is 2. The van der Waals surface area contributed by atoms with Crippen molar-refractivity contribution in [1.29, 1.82) is 0 Å². The molecule has 0 aromatic carbocycles. The van der Waals surface area contributed by atoms with Crippen LogP contribution in [0.25, 0.3) is 0 Å². The van der Waals surface area contributed by atoms with Crippen molar-refractivity contribution in [1.82, 2.24) is 9.97 Å². The van der Waals surface area contributed by atoms with Crippen molar-refractivity contribution < 1.29 is 9.47 Å². The van der Waals surface area contributed by atoms with E-state index in [1.54, 1.807) is 7.11 Å². The minimum atomic E-state index is 0.428. The van der Waals surface area contributed by atoms with Crippen LogP contribution < -0.4 is 15.8 Å². The smallest absolute Gasteiger partial charge is 0.242 e. The molecule has 94 valence electrons. The number of anilines is 2. The number of hydrogen-bond acceptors (Lipinski definition) is 6. The molecule has 0 spiro atoms. The SMILES string of the molecule is COCCOc1nc(C)nc(NC2CC2)c1N. The first-order valence-electron chi connectivity index (χ1n) is 5.73. The van der Waals surface area contributed by atoms with E-state index in [1.165, 1.54) is 12.8 Å². The largest absolute Gasteiger partial charge is 0.474 e. The fraction of sp³-hybridized carbons (Fsp3) is 0.636. The van der Waals surface area contributed by atoms with Crippen LogP contribution >= 0.6 is 0 Å². The highest BCUT2D eigenvalue weighted by atomic mass is 16.5. The Morgan fingerprint density at radius 1 is 1.35 bits per heavy atom. The number of nitrogens with two attached hydrogens (primary N) is 1. The predicted octanol–water partition coefficient (Wildman–Crippen LogP) is 0.967. The Morgan fingerprint density at radius 2 is 2.12 bits per heavy atom. The van der Waals surface area contributed by atoms with E-state index in [0.29, 0.717) is 42.5 Å². The Labute approximate surface area is 101 Å². The van der Waals surface area contributed by atoms with Gasteiger partial charge in [0.05, 0.1) is 6.61 Å². The number of nitrogen functional groups attached to an aromatic ring is 1. The van der Waals surface area contributed by atoms with Gasteiger partial charge in [0.1, 0.15) is 18.1 Å². The summed E-state index contributed by atoms with van der Waals surface area (Å²) >= 11 is 0. The molecule has 1 aliphatic rings. The van der Waals surface area contributed by atoms with Crippen molar-refractivity contribution in [2.24, 2.45) is 0 Å². The first-order chi connectivity index (χ1) is 8.20. The van der Waals surface area contributed by atoms with E-state index in [0.717, 1.165) is 0 Å². The molecule has 6 heteroatoms. The van der Waals surface area contributed by atoms with Gasteiger partial charge < -0.3 is 20.5 Å². The third-order valence-corrected chi connectivity index (χ3v) is 2.47. The maximum Gasteiger partial charge on any atom is 0.242 e. The van der Waals surface area contributed by atoms with Crippen LogP contribution in [0.4, 0.5) is 11.5 Å². The molecule has 0 atom stereocenters. The zero-order valence-corrected chi connectivity index (χ0v) is 10.2. The Kier molecular flexibility index (Phi) is 3.63. The van der Waals surface area contributed by atoms with Crippen LogP contribution in [-0.2, 0) is 4.74 Å². The Bertz CT molecular complexity index is 393. The van der Waals surface area contributed by atoms with Crippen molar-refractivity contribution in [2.75, 3.05) is 31.4 Å². The quantitative estimate of drug-likeness (QED) is 0.718. The molecular weight excluding hydrogens is 220 g/mol. The standard InChI is InChI=1S/C11H18N4O2/c1-7-13-10(15-8-3-4-8)9(12)11(14-7)17-6-5-16-2/h8H,3-6,12H2,1-2H3,(H,13,14,15). The number of methoxy groups -OCH3 is 1. The van der Waals surface area contributed by atoms with Crippen LogP contribution in [-0.4, -0.2) is 36.3 Å². The lowest BCUT2D eigenvalue weighted by Gasteiger charge is -2.12. The second kappa shape index (κ2) is 5.18. The number of aromatic nitrogens is 2. The second-order valence-corrected chi connectivity index (χ2v) is 4.10. The van der Waals surface area contributed by atoms with Crippen LogP contribution in [0.15, 0.2) is 0 Å². The number of nitrogens with zero attached hydrogens (tertiary/aromatic N) is 2. The van der Waals surface area contributed by atoms with Crippen LogP contribution in [0.1, 0.15) is 18.7 Å². The molecular formula is C11H18N4O2. The Morgan fingerprint density at radius 3 is 2.76 bits per heavy atom. The van der Waals surface area contributed by atoms with Gasteiger partial charge in [0.25, 0.3) is 0 Å². The summed E-state index contributed by atoms with van der Waals surface area (Å²) in [5, 5.41) is 3.27. The molecule has 1 saturated carbocycles. The van der Waals surface area contributed by atoms with Crippen molar-refractivity contribution in [3.05, 3.63) is 5.82 Å². The molecule has 2 rings (SSSR count). The number of nitrogens with one attached hydrogen (secondary N) is 1. The average molecular weight is 238 g/mol. The van der Waals surface area contributed by atoms with E-state index in [1.807, 2.05) is 6.92 Å². The normalized spacial score (nSPS) is 14.7. The van der Waals surface area contributed by atoms with Gasteiger partial charge in [0, 0.05) is 13.2 Å². The van der Waals surface area contributed by atoms with Crippen molar-refractivity contribution in [2.45, 2.75) is 25.8 Å². The topological polar surface area (TPSA) is 82.3 Å². The molecule has 0 amide bonds. The van der Waals surface area contributed by atoms with E-state index in [4.69, 9.17) is 15.2 Å². The summed E-state index contributed by atoms with van der Waals surface area (Å²) in [6.07, 6.45) is 2.34. The summed E-state index contributed by atoms with van der Waals surface area (Å²) in [6, 6.07) is 0.499. The summed E-state index contributed by atoms with van der Waals surface area (Å²) in [5.74, 6) is 1.75. The lowest BCUT2D eigenvalue weighted by atomic mass is 10.4. The molecule has 3 N–H and O–H groups in total. The number of rotatable bonds is 6. The average Bonchev–Trinajstić information content (AvgIpc) is 3.09. The molecule has 1 aliphatic carbocycles. The summed E-state index contributed by atoms with van der Waals surface area (Å²) in [6.45, 7) is 2.76. The number of ether oxygens (including phenoxy) is 2. The predicted molar refractivity (Wildman–Crippen MR) is 65.2 cm³/mol. The first kappa shape index (κ1) is 11.9. The molecule has 0 unspecified atom stereocenters. The zero-order chi connectivity index (χ0) is 12.3. The maximum absolute atomic E-state index is 5.96. The van der Waals surface area contributed by atoms with E-state index in [2.05, 4.69) is 15.3 Å². The van der Waals surface area contributed by atoms with Crippen molar-refractivity contribution >= 4 is 11.5 Å². The van der Waals surface area contributed by atoms with Crippen LogP contribution in [0.3, 0.4) is 0 Å². The van der Waals surface area contributed by atoms with Gasteiger partial charge in [-0.2, -0.15) is 4.98 Å². The fourth-order valence-corrected chi connectivity index (χ4v) is 1.42. The Balaban J connectivity index is 2.09. The number of aryl methyl sites for hydroxylation is 1. The molecule has 6 nitrogen and oxygen atoms in total. The lowest BCUT2D eigenvalue weighted by molar-refractivity contribution is 0.144. The van der Waals surface area contributed by atoms with Gasteiger partial charge in [0.15, 0.2) is 5.82 Å². The van der Waals surface area contributed by atoms with E-state index in [-0.39, 0.29) is 0 Å². The molecule has 1 fully saturated rings. The highest BCUT2D eigenvalue weighted by Crippen LogP contribution is 2.30. The molecule has 0 saturated heterocycles. The van der Waals surface area contributed by atoms with Gasteiger partial charge in [-0.3, -0.25) is 0 Å². The minimum Gasteiger partial charge on any atom is -0.474 e. The minimum absolute atomic E-state index is 0.428. The van der Waals surface area contributed by atoms with Crippen LogP contribution in [0, 0.1) is 6.92 Å².